The summed E-state index contributed by atoms with van der Waals surface area (Å²) < 4.78 is 297. The van der Waals surface area contributed by atoms with Crippen molar-refractivity contribution in [2.24, 2.45) is 0 Å². The van der Waals surface area contributed by atoms with Crippen LogP contribution in [0.2, 0.25) is 0 Å². The van der Waals surface area contributed by atoms with Crippen molar-refractivity contribution in [1.29, 1.82) is 0 Å². The zero-order valence-electron chi connectivity index (χ0n) is 32.0. The molecule has 0 saturated heterocycles. The van der Waals surface area contributed by atoms with E-state index in [1.165, 1.54) is 0 Å². The van der Waals surface area contributed by atoms with Crippen LogP contribution in [0.1, 0.15) is 10.4 Å². The summed E-state index contributed by atoms with van der Waals surface area (Å²) >= 11 is 3.42. The predicted molar refractivity (Wildman–Crippen MR) is 198 cm³/mol. The molecule has 1 aromatic heterocycles. The second-order valence-corrected chi connectivity index (χ2v) is 14.6. The molecular formula is C42H14BBrF20N2O. The Morgan fingerprint density at radius 2 is 0.731 bits per heavy atom. The third-order valence-corrected chi connectivity index (χ3v) is 10.6. The minimum Gasteiger partial charge on any atom is -0.287 e. The van der Waals surface area contributed by atoms with Crippen LogP contribution in [-0.4, -0.2) is 16.9 Å². The standard InChI is InChI=1S/C24BF20.C18H14BrN2O/c26-5-1(6(27)14(35)21(42)13(5)34)25(2-7(28)15(36)22(43)16(37)8(2)29,3-9(30)17(38)23(44)18(39)10(3)31)4-11(32)19(40)24(45)20(41)12(4)33;19-16-8-6-14(7-9-16)17-12-21(11-10-20-17)13-18(22)15-4-2-1-3-5-15/h;1-12H,13H2/q-1;+1. The topological polar surface area (TPSA) is 33.8 Å². The number of ketones is 1. The SMILES string of the molecule is Fc1c(F)c(F)c([B-](c2c(F)c(F)c(F)c(F)c2F)(c2c(F)c(F)c(F)c(F)c2F)c2c(F)c(F)c(F)c(F)c2F)c(F)c1F.O=C(C[n+]1ccnc(-c2ccc(Br)cc2)c1)c1ccccc1. The molecule has 7 aromatic rings. The third kappa shape index (κ3) is 8.26. The van der Waals surface area contributed by atoms with Crippen LogP contribution < -0.4 is 26.4 Å². The van der Waals surface area contributed by atoms with Gasteiger partial charge in [0.1, 0.15) is 58.4 Å². The van der Waals surface area contributed by atoms with E-state index < -0.39 is 144 Å². The Bertz CT molecular complexity index is 2760. The van der Waals surface area contributed by atoms with Crippen molar-refractivity contribution in [3.05, 3.63) is 200 Å². The van der Waals surface area contributed by atoms with Gasteiger partial charge in [0.2, 0.25) is 12.3 Å². The molecule has 0 saturated carbocycles. The number of halogens is 21. The molecule has 0 aliphatic carbocycles. The normalized spacial score (nSPS) is 11.5. The van der Waals surface area contributed by atoms with E-state index in [-0.39, 0.29) is 5.78 Å². The quantitative estimate of drug-likeness (QED) is 0.0380. The average Bonchev–Trinajstić information content (AvgIpc) is 3.32. The summed E-state index contributed by atoms with van der Waals surface area (Å²) in [6.45, 7) is 0.302. The van der Waals surface area contributed by atoms with Crippen molar-refractivity contribution in [3.8, 4) is 11.3 Å². The van der Waals surface area contributed by atoms with Crippen molar-refractivity contribution in [1.82, 2.24) is 4.98 Å². The monoisotopic (exact) mass is 1030 g/mol. The van der Waals surface area contributed by atoms with Gasteiger partial charge in [-0.3, -0.25) is 4.79 Å². The first-order chi connectivity index (χ1) is 31.4. The summed E-state index contributed by atoms with van der Waals surface area (Å²) in [6.07, 6.45) is -1.80. The van der Waals surface area contributed by atoms with Crippen LogP contribution in [0.25, 0.3) is 11.3 Å². The van der Waals surface area contributed by atoms with Crippen molar-refractivity contribution in [3.63, 3.8) is 0 Å². The molecule has 1 heterocycles. The Hall–Kier alpha value is -6.79. The summed E-state index contributed by atoms with van der Waals surface area (Å²) in [7, 11) is 0. The predicted octanol–water partition coefficient (Wildman–Crippen LogP) is 9.53. The highest BCUT2D eigenvalue weighted by Gasteiger charge is 2.52. The smallest absolute Gasteiger partial charge is 0.227 e. The number of nitrogens with zero attached hydrogens (tertiary/aromatic N) is 2. The van der Waals surface area contributed by atoms with Crippen LogP contribution in [0, 0.1) is 116 Å². The van der Waals surface area contributed by atoms with Crippen LogP contribution in [0.4, 0.5) is 87.8 Å². The van der Waals surface area contributed by atoms with E-state index >= 15 is 35.1 Å². The molecule has 67 heavy (non-hydrogen) atoms. The molecule has 348 valence electrons. The molecule has 0 unspecified atom stereocenters. The van der Waals surface area contributed by atoms with E-state index in [9.17, 15) is 57.5 Å². The molecule has 0 aliphatic heterocycles. The first-order valence-corrected chi connectivity index (χ1v) is 18.6. The Morgan fingerprint density at radius 3 is 1.04 bits per heavy atom. The number of Topliss-reactive ketones (excluding diaryl/α,β-unsaturated/α-hetero) is 1. The first kappa shape index (κ1) is 49.6. The van der Waals surface area contributed by atoms with Crippen molar-refractivity contribution in [2.75, 3.05) is 0 Å². The maximum atomic E-state index is 15.4. The molecular weight excluding hydrogens is 1020 g/mol. The fraction of sp³-hybridized carbons (Fsp3) is 0.0238. The van der Waals surface area contributed by atoms with Gasteiger partial charge in [-0.1, -0.05) is 58.4 Å². The van der Waals surface area contributed by atoms with Crippen LogP contribution in [0.3, 0.4) is 0 Å². The number of benzene rings is 6. The molecule has 0 amide bonds. The minimum atomic E-state index is -7.22. The maximum Gasteiger partial charge on any atom is 0.227 e. The van der Waals surface area contributed by atoms with Crippen molar-refractivity contribution >= 4 is 49.7 Å². The van der Waals surface area contributed by atoms with Crippen LogP contribution >= 0.6 is 15.9 Å². The van der Waals surface area contributed by atoms with E-state index in [1.807, 2.05) is 71.6 Å². The number of carbonyl (C=O) groups is 1. The lowest BCUT2D eigenvalue weighted by molar-refractivity contribution is -0.683. The lowest BCUT2D eigenvalue weighted by Gasteiger charge is -2.44. The number of hydrogen-bond donors (Lipinski definition) is 0. The number of hydrogen-bond acceptors (Lipinski definition) is 2. The Kier molecular flexibility index (Phi) is 14.0. The van der Waals surface area contributed by atoms with E-state index in [1.54, 1.807) is 6.20 Å². The lowest BCUT2D eigenvalue weighted by atomic mass is 9.12. The summed E-state index contributed by atoms with van der Waals surface area (Å²) in [5.74, 6) is -71.3. The van der Waals surface area contributed by atoms with Gasteiger partial charge >= 0.3 is 0 Å². The van der Waals surface area contributed by atoms with Gasteiger partial charge in [-0.05, 0) is 12.1 Å². The van der Waals surface area contributed by atoms with E-state index in [0.29, 0.717) is 6.54 Å². The van der Waals surface area contributed by atoms with Gasteiger partial charge in [-0.25, -0.2) is 92.8 Å². The highest BCUT2D eigenvalue weighted by molar-refractivity contribution is 9.10. The number of aromatic nitrogens is 2. The molecule has 25 heteroatoms. The molecule has 0 atom stereocenters. The third-order valence-electron chi connectivity index (χ3n) is 10.0. The highest BCUT2D eigenvalue weighted by atomic mass is 79.9. The molecule has 0 bridgehead atoms. The fourth-order valence-corrected chi connectivity index (χ4v) is 7.32. The van der Waals surface area contributed by atoms with E-state index in [4.69, 9.17) is 0 Å². The zero-order chi connectivity index (χ0) is 49.7. The van der Waals surface area contributed by atoms with Crippen LogP contribution in [-0.2, 0) is 6.54 Å². The van der Waals surface area contributed by atoms with Crippen molar-refractivity contribution in [2.45, 2.75) is 6.54 Å². The molecule has 0 radical (unpaired) electrons. The van der Waals surface area contributed by atoms with Gasteiger partial charge in [0.05, 0.1) is 6.20 Å². The van der Waals surface area contributed by atoms with Gasteiger partial charge in [-0.2, -0.15) is 4.57 Å². The summed E-state index contributed by atoms with van der Waals surface area (Å²) in [5.41, 5.74) is -11.7. The van der Waals surface area contributed by atoms with Gasteiger partial charge in [0, 0.05) is 15.6 Å². The van der Waals surface area contributed by atoms with Gasteiger partial charge in [-0.15, -0.1) is 21.9 Å². The Balaban J connectivity index is 0.000000279. The Labute approximate surface area is 368 Å². The summed E-state index contributed by atoms with van der Waals surface area (Å²) in [4.78, 5) is 16.6. The first-order valence-electron chi connectivity index (χ1n) is 17.8. The molecule has 0 fully saturated rings. The lowest BCUT2D eigenvalue weighted by Crippen LogP contribution is -2.81. The summed E-state index contributed by atoms with van der Waals surface area (Å²) in [5, 5.41) is 0. The van der Waals surface area contributed by atoms with Gasteiger partial charge < -0.3 is 0 Å². The van der Waals surface area contributed by atoms with Crippen LogP contribution in [0.15, 0.2) is 77.7 Å². The molecule has 0 N–H and O–H groups in total. The minimum absolute atomic E-state index is 0.0820. The molecule has 7 rings (SSSR count). The number of rotatable bonds is 8. The van der Waals surface area contributed by atoms with Gasteiger partial charge in [0.25, 0.3) is 0 Å². The van der Waals surface area contributed by atoms with Gasteiger partial charge in [0.15, 0.2) is 82.2 Å². The van der Waals surface area contributed by atoms with E-state index in [2.05, 4.69) is 20.9 Å². The summed E-state index contributed by atoms with van der Waals surface area (Å²) in [6, 6.07) is 17.3. The molecule has 0 spiro atoms. The Morgan fingerprint density at radius 1 is 0.433 bits per heavy atom. The number of carbonyl (C=O) groups excluding carboxylic acids is 1. The fourth-order valence-electron chi connectivity index (χ4n) is 7.06. The second-order valence-electron chi connectivity index (χ2n) is 13.7. The van der Waals surface area contributed by atoms with Crippen LogP contribution in [0.5, 0.6) is 0 Å². The van der Waals surface area contributed by atoms with Crippen molar-refractivity contribution < 1.29 is 97.2 Å². The largest absolute Gasteiger partial charge is 0.287 e. The highest BCUT2D eigenvalue weighted by Crippen LogP contribution is 2.31. The molecule has 6 aromatic carbocycles. The maximum absolute atomic E-state index is 15.4. The second kappa shape index (κ2) is 18.8. The molecule has 3 nitrogen and oxygen atoms in total. The average molecular weight is 1030 g/mol. The molecule has 0 aliphatic rings. The van der Waals surface area contributed by atoms with E-state index in [0.717, 1.165) is 21.3 Å². The zero-order valence-corrected chi connectivity index (χ0v) is 33.5.